The fourth-order valence-corrected chi connectivity index (χ4v) is 2.52. The molecule has 1 aromatic heterocycles. The third kappa shape index (κ3) is 4.49. The number of nitrogens with one attached hydrogen (secondary N) is 1. The van der Waals surface area contributed by atoms with Gasteiger partial charge in [0.2, 0.25) is 5.95 Å². The standard InChI is InChI=1S/C12H20ClN5O/c1-8-6-18(7-9(2)19-8)4-3-15-11-5-10(13)16-12(14)17-11/h5,8-9H,3-4,6-7H2,1-2H3,(H3,14,15,16,17)/t8-,9-/m0/s1. The van der Waals surface area contributed by atoms with Gasteiger partial charge in [0.1, 0.15) is 11.0 Å². The predicted octanol–water partition coefficient (Wildman–Crippen LogP) is 1.23. The molecular formula is C12H20ClN5O. The number of nitrogens with two attached hydrogens (primary N) is 1. The van der Waals surface area contributed by atoms with Crippen LogP contribution >= 0.6 is 11.6 Å². The third-order valence-corrected chi connectivity index (χ3v) is 3.14. The van der Waals surface area contributed by atoms with Crippen molar-refractivity contribution in [3.05, 3.63) is 11.2 Å². The highest BCUT2D eigenvalue weighted by atomic mass is 35.5. The number of hydrogen-bond donors (Lipinski definition) is 2. The molecule has 2 atom stereocenters. The second-order valence-electron chi connectivity index (χ2n) is 4.88. The summed E-state index contributed by atoms with van der Waals surface area (Å²) in [7, 11) is 0. The number of anilines is 2. The molecule has 1 aliphatic heterocycles. The van der Waals surface area contributed by atoms with Gasteiger partial charge in [-0.15, -0.1) is 0 Å². The van der Waals surface area contributed by atoms with Gasteiger partial charge in [0.05, 0.1) is 12.2 Å². The molecule has 0 spiro atoms. The number of hydrogen-bond acceptors (Lipinski definition) is 6. The number of rotatable bonds is 4. The zero-order valence-corrected chi connectivity index (χ0v) is 12.0. The topological polar surface area (TPSA) is 76.3 Å². The lowest BCUT2D eigenvalue weighted by Gasteiger charge is -2.35. The summed E-state index contributed by atoms with van der Waals surface area (Å²) < 4.78 is 5.70. The number of nitrogen functional groups attached to an aromatic ring is 1. The number of nitrogens with zero attached hydrogens (tertiary/aromatic N) is 3. The lowest BCUT2D eigenvalue weighted by Crippen LogP contribution is -2.46. The van der Waals surface area contributed by atoms with Gasteiger partial charge in [0.15, 0.2) is 0 Å². The largest absolute Gasteiger partial charge is 0.373 e. The molecule has 0 bridgehead atoms. The Labute approximate surface area is 118 Å². The van der Waals surface area contributed by atoms with E-state index in [0.717, 1.165) is 26.2 Å². The lowest BCUT2D eigenvalue weighted by molar-refractivity contribution is -0.0667. The highest BCUT2D eigenvalue weighted by Gasteiger charge is 2.21. The quantitative estimate of drug-likeness (QED) is 0.811. The lowest BCUT2D eigenvalue weighted by atomic mass is 10.2. The highest BCUT2D eigenvalue weighted by molar-refractivity contribution is 6.29. The SMILES string of the molecule is C[C@H]1CN(CCNc2cc(Cl)nc(N)n2)C[C@H](C)O1. The molecule has 106 valence electrons. The van der Waals surface area contributed by atoms with Gasteiger partial charge in [-0.2, -0.15) is 4.98 Å². The summed E-state index contributed by atoms with van der Waals surface area (Å²) in [6.07, 6.45) is 0.570. The number of morpholine rings is 1. The van der Waals surface area contributed by atoms with E-state index in [1.165, 1.54) is 0 Å². The summed E-state index contributed by atoms with van der Waals surface area (Å²) in [5.74, 6) is 0.843. The maximum absolute atomic E-state index is 5.82. The van der Waals surface area contributed by atoms with Gasteiger partial charge in [0.25, 0.3) is 0 Å². The van der Waals surface area contributed by atoms with E-state index in [4.69, 9.17) is 22.1 Å². The van der Waals surface area contributed by atoms with E-state index in [9.17, 15) is 0 Å². The van der Waals surface area contributed by atoms with Crippen molar-refractivity contribution in [2.45, 2.75) is 26.1 Å². The second-order valence-corrected chi connectivity index (χ2v) is 5.27. The van der Waals surface area contributed by atoms with Crippen molar-refractivity contribution in [3.63, 3.8) is 0 Å². The number of halogens is 1. The first-order valence-corrected chi connectivity index (χ1v) is 6.82. The summed E-state index contributed by atoms with van der Waals surface area (Å²) in [6, 6.07) is 1.67. The van der Waals surface area contributed by atoms with E-state index in [0.29, 0.717) is 11.0 Å². The fraction of sp³-hybridized carbons (Fsp3) is 0.667. The molecule has 3 N–H and O–H groups in total. The third-order valence-electron chi connectivity index (χ3n) is 2.94. The molecule has 2 rings (SSSR count). The Bertz CT molecular complexity index is 400. The molecule has 0 aliphatic carbocycles. The normalized spacial score (nSPS) is 24.4. The first-order chi connectivity index (χ1) is 9.02. The zero-order valence-electron chi connectivity index (χ0n) is 11.3. The van der Waals surface area contributed by atoms with Gasteiger partial charge in [-0.05, 0) is 13.8 Å². The fourth-order valence-electron chi connectivity index (χ4n) is 2.33. The van der Waals surface area contributed by atoms with Crippen molar-refractivity contribution >= 4 is 23.4 Å². The van der Waals surface area contributed by atoms with Crippen molar-refractivity contribution in [2.24, 2.45) is 0 Å². The van der Waals surface area contributed by atoms with Crippen LogP contribution in [0.5, 0.6) is 0 Å². The van der Waals surface area contributed by atoms with Crippen LogP contribution < -0.4 is 11.1 Å². The van der Waals surface area contributed by atoms with Crippen LogP contribution in [0.15, 0.2) is 6.07 Å². The summed E-state index contributed by atoms with van der Waals surface area (Å²) in [4.78, 5) is 10.3. The van der Waals surface area contributed by atoms with Crippen LogP contribution in [0.25, 0.3) is 0 Å². The van der Waals surface area contributed by atoms with Crippen LogP contribution in [0.4, 0.5) is 11.8 Å². The molecule has 0 amide bonds. The Morgan fingerprint density at radius 3 is 2.74 bits per heavy atom. The Kier molecular flexibility index (Phi) is 4.79. The molecule has 1 saturated heterocycles. The Hall–Kier alpha value is -1.11. The average Bonchev–Trinajstić information content (AvgIpc) is 2.26. The molecule has 1 aliphatic rings. The van der Waals surface area contributed by atoms with Crippen LogP contribution in [0.2, 0.25) is 5.15 Å². The van der Waals surface area contributed by atoms with Crippen molar-refractivity contribution in [2.75, 3.05) is 37.2 Å². The van der Waals surface area contributed by atoms with Crippen LogP contribution in [-0.4, -0.2) is 53.3 Å². The van der Waals surface area contributed by atoms with Crippen LogP contribution in [0.3, 0.4) is 0 Å². The average molecular weight is 286 g/mol. The summed E-state index contributed by atoms with van der Waals surface area (Å²) in [5, 5.41) is 3.56. The van der Waals surface area contributed by atoms with Gasteiger partial charge in [-0.1, -0.05) is 11.6 Å². The number of aromatic nitrogens is 2. The van der Waals surface area contributed by atoms with Crippen molar-refractivity contribution in [3.8, 4) is 0 Å². The Morgan fingerprint density at radius 2 is 2.11 bits per heavy atom. The molecule has 0 saturated carbocycles. The van der Waals surface area contributed by atoms with Crippen LogP contribution in [0.1, 0.15) is 13.8 Å². The molecule has 0 unspecified atom stereocenters. The van der Waals surface area contributed by atoms with Gasteiger partial charge < -0.3 is 15.8 Å². The monoisotopic (exact) mass is 285 g/mol. The van der Waals surface area contributed by atoms with Gasteiger partial charge in [-0.3, -0.25) is 4.90 Å². The van der Waals surface area contributed by atoms with Gasteiger partial charge in [-0.25, -0.2) is 4.98 Å². The van der Waals surface area contributed by atoms with E-state index < -0.39 is 0 Å². The van der Waals surface area contributed by atoms with E-state index in [2.05, 4.69) is 34.0 Å². The molecule has 1 aromatic rings. The highest BCUT2D eigenvalue weighted by Crippen LogP contribution is 2.13. The van der Waals surface area contributed by atoms with Crippen molar-refractivity contribution < 1.29 is 4.74 Å². The Balaban J connectivity index is 1.79. The van der Waals surface area contributed by atoms with E-state index >= 15 is 0 Å². The summed E-state index contributed by atoms with van der Waals surface area (Å²) >= 11 is 5.82. The van der Waals surface area contributed by atoms with Gasteiger partial charge in [0, 0.05) is 32.2 Å². The van der Waals surface area contributed by atoms with Crippen LogP contribution in [0, 0.1) is 0 Å². The maximum atomic E-state index is 5.82. The molecular weight excluding hydrogens is 266 g/mol. The maximum Gasteiger partial charge on any atom is 0.223 e. The molecule has 6 nitrogen and oxygen atoms in total. The minimum Gasteiger partial charge on any atom is -0.373 e. The summed E-state index contributed by atoms with van der Waals surface area (Å²) in [5.41, 5.74) is 5.54. The van der Waals surface area contributed by atoms with Crippen molar-refractivity contribution in [1.29, 1.82) is 0 Å². The zero-order chi connectivity index (χ0) is 13.8. The minimum atomic E-state index is 0.184. The molecule has 0 aromatic carbocycles. The first kappa shape index (κ1) is 14.3. The minimum absolute atomic E-state index is 0.184. The first-order valence-electron chi connectivity index (χ1n) is 6.44. The molecule has 0 radical (unpaired) electrons. The van der Waals surface area contributed by atoms with E-state index in [1.54, 1.807) is 6.07 Å². The number of ether oxygens (including phenoxy) is 1. The van der Waals surface area contributed by atoms with Crippen molar-refractivity contribution in [1.82, 2.24) is 14.9 Å². The predicted molar refractivity (Wildman–Crippen MR) is 76.4 cm³/mol. The molecule has 19 heavy (non-hydrogen) atoms. The molecule has 1 fully saturated rings. The van der Waals surface area contributed by atoms with E-state index in [-0.39, 0.29) is 18.2 Å². The molecule has 2 heterocycles. The van der Waals surface area contributed by atoms with Gasteiger partial charge >= 0.3 is 0 Å². The second kappa shape index (κ2) is 6.36. The van der Waals surface area contributed by atoms with E-state index in [1.807, 2.05) is 0 Å². The van der Waals surface area contributed by atoms with Crippen LogP contribution in [-0.2, 0) is 4.74 Å². The smallest absolute Gasteiger partial charge is 0.223 e. The molecule has 7 heteroatoms. The summed E-state index contributed by atoms with van der Waals surface area (Å²) in [6.45, 7) is 7.82. The Morgan fingerprint density at radius 1 is 1.42 bits per heavy atom.